The van der Waals surface area contributed by atoms with Crippen molar-refractivity contribution < 1.29 is 9.90 Å². The van der Waals surface area contributed by atoms with E-state index >= 15 is 0 Å². The first-order valence-corrected chi connectivity index (χ1v) is 5.77. The first kappa shape index (κ1) is 13.5. The average molecular weight is 297 g/mol. The fraction of sp³-hybridized carbons (Fsp3) is 0.333. The Hall–Kier alpha value is -1.54. The van der Waals surface area contributed by atoms with Gasteiger partial charge in [-0.15, -0.1) is 0 Å². The molecule has 1 aromatic rings. The van der Waals surface area contributed by atoms with Crippen LogP contribution in [-0.2, 0) is 4.79 Å². The van der Waals surface area contributed by atoms with Gasteiger partial charge >= 0.3 is 5.97 Å². The van der Waals surface area contributed by atoms with Crippen LogP contribution in [0.5, 0.6) is 0 Å². The maximum atomic E-state index is 11.1. The minimum absolute atomic E-state index is 0.523. The molecule has 17 heavy (non-hydrogen) atoms. The lowest BCUT2D eigenvalue weighted by molar-refractivity contribution is -0.142. The molecule has 4 nitrogen and oxygen atoms in total. The molecule has 0 aromatic heterocycles. The van der Waals surface area contributed by atoms with Crippen LogP contribution in [0.3, 0.4) is 0 Å². The summed E-state index contributed by atoms with van der Waals surface area (Å²) in [6, 6.07) is 7.17. The zero-order valence-electron chi connectivity index (χ0n) is 9.86. The number of anilines is 1. The van der Waals surface area contributed by atoms with Gasteiger partial charge < -0.3 is 10.0 Å². The molecule has 0 saturated heterocycles. The summed E-state index contributed by atoms with van der Waals surface area (Å²) >= 11 is 3.28. The molecule has 0 aliphatic carbocycles. The van der Waals surface area contributed by atoms with Crippen molar-refractivity contribution in [2.45, 2.75) is 19.4 Å². The standard InChI is InChI=1S/C12H13BrN2O2/c1-12(2,11(16)17)15(3)9-5-4-8(7-14)10(13)6-9/h4-6H,1-3H3,(H,16,17). The largest absolute Gasteiger partial charge is 0.480 e. The number of aliphatic carboxylic acids is 1. The van der Waals surface area contributed by atoms with Crippen LogP contribution in [0, 0.1) is 11.3 Å². The molecule has 0 fully saturated rings. The minimum Gasteiger partial charge on any atom is -0.480 e. The predicted molar refractivity (Wildman–Crippen MR) is 69.0 cm³/mol. The van der Waals surface area contributed by atoms with Crippen molar-refractivity contribution in [3.05, 3.63) is 28.2 Å². The van der Waals surface area contributed by atoms with E-state index in [0.717, 1.165) is 5.69 Å². The molecule has 1 N–H and O–H groups in total. The summed E-state index contributed by atoms with van der Waals surface area (Å²) in [5, 5.41) is 17.9. The Kier molecular flexibility index (Phi) is 3.79. The van der Waals surface area contributed by atoms with Crippen molar-refractivity contribution >= 4 is 27.6 Å². The molecule has 0 amide bonds. The number of nitriles is 1. The number of likely N-dealkylation sites (N-methyl/N-ethyl adjacent to an activating group) is 1. The molecule has 0 heterocycles. The van der Waals surface area contributed by atoms with E-state index in [2.05, 4.69) is 15.9 Å². The van der Waals surface area contributed by atoms with Gasteiger partial charge in [0.2, 0.25) is 0 Å². The van der Waals surface area contributed by atoms with Crippen molar-refractivity contribution in [2.24, 2.45) is 0 Å². The Morgan fingerprint density at radius 3 is 2.53 bits per heavy atom. The number of benzene rings is 1. The third-order valence-electron chi connectivity index (χ3n) is 2.82. The summed E-state index contributed by atoms with van der Waals surface area (Å²) in [5.41, 5.74) is 0.256. The summed E-state index contributed by atoms with van der Waals surface area (Å²) in [6.07, 6.45) is 0. The molecule has 0 aliphatic rings. The highest BCUT2D eigenvalue weighted by atomic mass is 79.9. The lowest BCUT2D eigenvalue weighted by Crippen LogP contribution is -2.48. The van der Waals surface area contributed by atoms with Gasteiger partial charge in [0, 0.05) is 17.2 Å². The Labute approximate surface area is 109 Å². The van der Waals surface area contributed by atoms with Gasteiger partial charge in [-0.25, -0.2) is 4.79 Å². The minimum atomic E-state index is -1.01. The molecule has 0 unspecified atom stereocenters. The number of nitrogens with zero attached hydrogens (tertiary/aromatic N) is 2. The Balaban J connectivity index is 3.15. The van der Waals surface area contributed by atoms with E-state index in [4.69, 9.17) is 10.4 Å². The predicted octanol–water partition coefficient (Wildman–Crippen LogP) is 2.62. The van der Waals surface area contributed by atoms with Crippen LogP contribution in [0.25, 0.3) is 0 Å². The second-order valence-electron chi connectivity index (χ2n) is 4.20. The molecule has 0 spiro atoms. The second-order valence-corrected chi connectivity index (χ2v) is 5.05. The number of carboxylic acid groups (broad SMARTS) is 1. The number of carbonyl (C=O) groups is 1. The maximum absolute atomic E-state index is 11.1. The number of rotatable bonds is 3. The van der Waals surface area contributed by atoms with Gasteiger partial charge in [0.05, 0.1) is 5.56 Å². The SMILES string of the molecule is CN(c1ccc(C#N)c(Br)c1)C(C)(C)C(=O)O. The highest BCUT2D eigenvalue weighted by Gasteiger charge is 2.32. The van der Waals surface area contributed by atoms with Crippen LogP contribution in [0.2, 0.25) is 0 Å². The van der Waals surface area contributed by atoms with Gasteiger partial charge in [-0.3, -0.25) is 0 Å². The summed E-state index contributed by atoms with van der Waals surface area (Å²) in [4.78, 5) is 12.8. The molecule has 90 valence electrons. The summed E-state index contributed by atoms with van der Waals surface area (Å²) in [5.74, 6) is -0.902. The molecule has 5 heteroatoms. The molecule has 1 aromatic carbocycles. The quantitative estimate of drug-likeness (QED) is 0.931. The van der Waals surface area contributed by atoms with Crippen molar-refractivity contribution in [3.8, 4) is 6.07 Å². The highest BCUT2D eigenvalue weighted by molar-refractivity contribution is 9.10. The van der Waals surface area contributed by atoms with Gasteiger partial charge in [-0.1, -0.05) is 0 Å². The van der Waals surface area contributed by atoms with E-state index in [1.807, 2.05) is 6.07 Å². The van der Waals surface area contributed by atoms with Crippen LogP contribution in [0.4, 0.5) is 5.69 Å². The first-order valence-electron chi connectivity index (χ1n) is 4.97. The normalized spacial score (nSPS) is 10.8. The van der Waals surface area contributed by atoms with Crippen LogP contribution >= 0.6 is 15.9 Å². The zero-order valence-corrected chi connectivity index (χ0v) is 11.4. The van der Waals surface area contributed by atoms with Gasteiger partial charge in [0.15, 0.2) is 0 Å². The van der Waals surface area contributed by atoms with Crippen LogP contribution in [0.1, 0.15) is 19.4 Å². The fourth-order valence-electron chi connectivity index (χ4n) is 1.27. The van der Waals surface area contributed by atoms with Gasteiger partial charge in [0.25, 0.3) is 0 Å². The second kappa shape index (κ2) is 4.76. The van der Waals surface area contributed by atoms with E-state index in [1.165, 1.54) is 0 Å². The molecular formula is C12H13BrN2O2. The van der Waals surface area contributed by atoms with E-state index in [1.54, 1.807) is 44.0 Å². The molecule has 0 radical (unpaired) electrons. The molecule has 1 rings (SSSR count). The number of halogens is 1. The van der Waals surface area contributed by atoms with Crippen molar-refractivity contribution in [1.29, 1.82) is 5.26 Å². The molecule has 0 saturated carbocycles. The molecular weight excluding hydrogens is 284 g/mol. The van der Waals surface area contributed by atoms with Gasteiger partial charge in [-0.2, -0.15) is 5.26 Å². The van der Waals surface area contributed by atoms with Crippen LogP contribution in [0.15, 0.2) is 22.7 Å². The summed E-state index contributed by atoms with van der Waals surface area (Å²) in [6.45, 7) is 3.25. The Bertz CT molecular complexity index is 492. The van der Waals surface area contributed by atoms with Crippen LogP contribution in [-0.4, -0.2) is 23.7 Å². The Morgan fingerprint density at radius 2 is 2.12 bits per heavy atom. The fourth-order valence-corrected chi connectivity index (χ4v) is 1.72. The lowest BCUT2D eigenvalue weighted by Gasteiger charge is -2.33. The van der Waals surface area contributed by atoms with E-state index in [9.17, 15) is 4.79 Å². The van der Waals surface area contributed by atoms with Crippen molar-refractivity contribution in [2.75, 3.05) is 11.9 Å². The first-order chi connectivity index (χ1) is 7.80. The van der Waals surface area contributed by atoms with E-state index < -0.39 is 11.5 Å². The number of carboxylic acids is 1. The Morgan fingerprint density at radius 1 is 1.53 bits per heavy atom. The monoisotopic (exact) mass is 296 g/mol. The molecule has 0 aliphatic heterocycles. The highest BCUT2D eigenvalue weighted by Crippen LogP contribution is 2.27. The van der Waals surface area contributed by atoms with Crippen molar-refractivity contribution in [1.82, 2.24) is 0 Å². The lowest BCUT2D eigenvalue weighted by atomic mass is 10.0. The molecule has 0 atom stereocenters. The summed E-state index contributed by atoms with van der Waals surface area (Å²) in [7, 11) is 1.71. The maximum Gasteiger partial charge on any atom is 0.328 e. The van der Waals surface area contributed by atoms with Crippen LogP contribution < -0.4 is 4.90 Å². The van der Waals surface area contributed by atoms with E-state index in [-0.39, 0.29) is 0 Å². The third-order valence-corrected chi connectivity index (χ3v) is 3.48. The van der Waals surface area contributed by atoms with E-state index in [0.29, 0.717) is 10.0 Å². The van der Waals surface area contributed by atoms with Crippen molar-refractivity contribution in [3.63, 3.8) is 0 Å². The third kappa shape index (κ3) is 2.59. The number of hydrogen-bond acceptors (Lipinski definition) is 3. The zero-order chi connectivity index (χ0) is 13.2. The van der Waals surface area contributed by atoms with Gasteiger partial charge in [-0.05, 0) is 48.0 Å². The topological polar surface area (TPSA) is 64.3 Å². The average Bonchev–Trinajstić information content (AvgIpc) is 2.27. The smallest absolute Gasteiger partial charge is 0.328 e. The van der Waals surface area contributed by atoms with Gasteiger partial charge in [0.1, 0.15) is 11.6 Å². The summed E-state index contributed by atoms with van der Waals surface area (Å²) < 4.78 is 0.658. The molecule has 0 bridgehead atoms. The number of hydrogen-bond donors (Lipinski definition) is 1.